The second kappa shape index (κ2) is 72.1. The topological polar surface area (TPSA) is 95.9 Å². The maximum Gasteiger partial charge on any atom is 0.305 e. The monoisotopic (exact) mass is 1160 g/mol. The molecule has 2 atom stereocenters. The van der Waals surface area contributed by atoms with E-state index in [1.165, 1.54) is 360 Å². The van der Waals surface area contributed by atoms with Crippen molar-refractivity contribution in [1.29, 1.82) is 0 Å². The molecular formula is C76H149NO5. The summed E-state index contributed by atoms with van der Waals surface area (Å²) in [6.45, 7) is 4.98. The number of aliphatic hydroxyl groups is 2. The van der Waals surface area contributed by atoms with Crippen LogP contribution in [0.25, 0.3) is 0 Å². The number of ether oxygens (including phenoxy) is 1. The van der Waals surface area contributed by atoms with Gasteiger partial charge in [0.25, 0.3) is 0 Å². The van der Waals surface area contributed by atoms with Crippen LogP contribution in [0.2, 0.25) is 0 Å². The lowest BCUT2D eigenvalue weighted by molar-refractivity contribution is -0.143. The predicted molar refractivity (Wildman–Crippen MR) is 361 cm³/mol. The molecule has 82 heavy (non-hydrogen) atoms. The van der Waals surface area contributed by atoms with Crippen LogP contribution in [0.3, 0.4) is 0 Å². The molecule has 0 saturated heterocycles. The molecule has 0 aromatic carbocycles. The molecule has 6 nitrogen and oxygen atoms in total. The zero-order chi connectivity index (χ0) is 59.2. The van der Waals surface area contributed by atoms with Gasteiger partial charge in [0, 0.05) is 12.8 Å². The molecule has 1 amide bonds. The van der Waals surface area contributed by atoms with E-state index < -0.39 is 12.1 Å². The number of nitrogens with one attached hydrogen (secondary N) is 1. The van der Waals surface area contributed by atoms with E-state index in [1.54, 1.807) is 0 Å². The number of allylic oxidation sites excluding steroid dienone is 2. The molecule has 0 spiro atoms. The van der Waals surface area contributed by atoms with Crippen LogP contribution in [-0.4, -0.2) is 47.4 Å². The highest BCUT2D eigenvalue weighted by Gasteiger charge is 2.20. The Hall–Kier alpha value is -1.40. The maximum atomic E-state index is 12.5. The molecular weight excluding hydrogens is 1010 g/mol. The van der Waals surface area contributed by atoms with Gasteiger partial charge in [-0.25, -0.2) is 0 Å². The summed E-state index contributed by atoms with van der Waals surface area (Å²) in [5.41, 5.74) is 0. The Morgan fingerprint density at radius 2 is 0.573 bits per heavy atom. The molecule has 0 aliphatic rings. The van der Waals surface area contributed by atoms with Gasteiger partial charge in [-0.3, -0.25) is 9.59 Å². The second-order valence-electron chi connectivity index (χ2n) is 26.3. The van der Waals surface area contributed by atoms with Gasteiger partial charge in [0.2, 0.25) is 5.91 Å². The Kier molecular flexibility index (Phi) is 70.8. The van der Waals surface area contributed by atoms with Crippen molar-refractivity contribution in [3.05, 3.63) is 12.2 Å². The van der Waals surface area contributed by atoms with Crippen LogP contribution in [0.15, 0.2) is 12.2 Å². The number of esters is 1. The minimum Gasteiger partial charge on any atom is -0.466 e. The van der Waals surface area contributed by atoms with Crippen molar-refractivity contribution in [3.8, 4) is 0 Å². The highest BCUT2D eigenvalue weighted by molar-refractivity contribution is 5.76. The molecule has 0 aromatic rings. The van der Waals surface area contributed by atoms with Crippen molar-refractivity contribution < 1.29 is 24.5 Å². The number of carbonyl (C=O) groups excluding carboxylic acids is 2. The Bertz CT molecular complexity index is 1240. The molecule has 3 N–H and O–H groups in total. The van der Waals surface area contributed by atoms with Crippen molar-refractivity contribution in [3.63, 3.8) is 0 Å². The van der Waals surface area contributed by atoms with Crippen LogP contribution in [0, 0.1) is 0 Å². The summed E-state index contributed by atoms with van der Waals surface area (Å²) in [4.78, 5) is 24.6. The first-order valence-electron chi connectivity index (χ1n) is 37.9. The number of hydrogen-bond acceptors (Lipinski definition) is 5. The fourth-order valence-corrected chi connectivity index (χ4v) is 12.3. The zero-order valence-corrected chi connectivity index (χ0v) is 56.0. The van der Waals surface area contributed by atoms with Gasteiger partial charge in [-0.05, 0) is 51.4 Å². The quantitative estimate of drug-likeness (QED) is 0.0320. The Balaban J connectivity index is 3.28. The molecule has 0 aliphatic carbocycles. The molecule has 0 radical (unpaired) electrons. The summed E-state index contributed by atoms with van der Waals surface area (Å²) in [6, 6.07) is -0.536. The first-order chi connectivity index (χ1) is 40.5. The van der Waals surface area contributed by atoms with E-state index in [0.29, 0.717) is 25.9 Å². The third kappa shape index (κ3) is 67.7. The smallest absolute Gasteiger partial charge is 0.305 e. The lowest BCUT2D eigenvalue weighted by Crippen LogP contribution is -2.45. The average molecular weight is 1160 g/mol. The van der Waals surface area contributed by atoms with Gasteiger partial charge in [0.05, 0.1) is 25.4 Å². The Morgan fingerprint density at radius 1 is 0.329 bits per heavy atom. The summed E-state index contributed by atoms with van der Waals surface area (Å²) < 4.78 is 5.49. The fraction of sp³-hybridized carbons (Fsp3) is 0.947. The first kappa shape index (κ1) is 80.6. The van der Waals surface area contributed by atoms with Crippen LogP contribution in [0.4, 0.5) is 0 Å². The minimum absolute atomic E-state index is 0.0157. The lowest BCUT2D eigenvalue weighted by Gasteiger charge is -2.22. The molecule has 0 saturated carbocycles. The standard InChI is InChI=1S/C76H149NO5/c1-3-5-7-9-11-13-15-17-44-48-52-56-60-64-68-74(79)73(72-78)77-75(80)69-65-61-57-53-49-45-42-40-38-36-34-32-30-28-26-24-22-20-19-21-23-25-27-29-31-33-35-37-39-41-43-47-51-55-59-63-67-71-82-76(81)70-66-62-58-54-50-46-18-16-14-12-10-8-6-4-2/h16,18,73-74,78-79H,3-15,17,19-72H2,1-2H3,(H,77,80)/b18-16-. The average Bonchev–Trinajstić information content (AvgIpc) is 3.48. The Morgan fingerprint density at radius 3 is 0.866 bits per heavy atom. The predicted octanol–water partition coefficient (Wildman–Crippen LogP) is 24.7. The van der Waals surface area contributed by atoms with Crippen molar-refractivity contribution in [1.82, 2.24) is 5.32 Å². The summed E-state index contributed by atoms with van der Waals surface area (Å²) >= 11 is 0. The van der Waals surface area contributed by atoms with E-state index in [0.717, 1.165) is 44.9 Å². The van der Waals surface area contributed by atoms with Crippen molar-refractivity contribution in [2.24, 2.45) is 0 Å². The van der Waals surface area contributed by atoms with Gasteiger partial charge in [-0.15, -0.1) is 0 Å². The van der Waals surface area contributed by atoms with Crippen molar-refractivity contribution in [2.75, 3.05) is 13.2 Å². The zero-order valence-electron chi connectivity index (χ0n) is 56.0. The number of rotatable bonds is 72. The molecule has 0 aromatic heterocycles. The van der Waals surface area contributed by atoms with Crippen molar-refractivity contribution in [2.45, 2.75) is 450 Å². The summed E-state index contributed by atoms with van der Waals surface area (Å²) in [6.07, 6.45) is 90.2. The number of carbonyl (C=O) groups is 2. The van der Waals surface area contributed by atoms with Crippen LogP contribution in [0.5, 0.6) is 0 Å². The molecule has 0 heterocycles. The largest absolute Gasteiger partial charge is 0.466 e. The third-order valence-corrected chi connectivity index (χ3v) is 18.1. The molecule has 488 valence electrons. The van der Waals surface area contributed by atoms with Gasteiger partial charge < -0.3 is 20.3 Å². The van der Waals surface area contributed by atoms with Crippen LogP contribution in [0.1, 0.15) is 438 Å². The van der Waals surface area contributed by atoms with Crippen LogP contribution >= 0.6 is 0 Å². The fourth-order valence-electron chi connectivity index (χ4n) is 12.3. The molecule has 2 unspecified atom stereocenters. The van der Waals surface area contributed by atoms with E-state index in [2.05, 4.69) is 31.3 Å². The summed E-state index contributed by atoms with van der Waals surface area (Å²) in [5, 5.41) is 23.3. The molecule has 0 aliphatic heterocycles. The van der Waals surface area contributed by atoms with Gasteiger partial charge in [0.15, 0.2) is 0 Å². The summed E-state index contributed by atoms with van der Waals surface area (Å²) in [7, 11) is 0. The number of aliphatic hydroxyl groups excluding tert-OH is 2. The van der Waals surface area contributed by atoms with E-state index in [-0.39, 0.29) is 18.5 Å². The summed E-state index contributed by atoms with van der Waals surface area (Å²) in [5.74, 6) is -0.0103. The number of hydrogen-bond donors (Lipinski definition) is 3. The SMILES string of the molecule is CCCCCCC/C=C\CCCCCCCC(=O)OCCCCCCCCCCCCCCCCCCCCCCCCCCCCCCCCCCCCCCCC(=O)NC(CO)C(O)CCCCCCCCCCCCCCCC. The third-order valence-electron chi connectivity index (χ3n) is 18.1. The molecule has 6 heteroatoms. The molecule has 0 rings (SSSR count). The van der Waals surface area contributed by atoms with Gasteiger partial charge >= 0.3 is 5.97 Å². The van der Waals surface area contributed by atoms with E-state index in [9.17, 15) is 19.8 Å². The van der Waals surface area contributed by atoms with E-state index in [4.69, 9.17) is 4.74 Å². The van der Waals surface area contributed by atoms with E-state index in [1.807, 2.05) is 0 Å². The van der Waals surface area contributed by atoms with Crippen LogP contribution < -0.4 is 5.32 Å². The maximum absolute atomic E-state index is 12.5. The highest BCUT2D eigenvalue weighted by atomic mass is 16.5. The minimum atomic E-state index is -0.659. The van der Waals surface area contributed by atoms with Crippen molar-refractivity contribution >= 4 is 11.9 Å². The van der Waals surface area contributed by atoms with Crippen LogP contribution in [-0.2, 0) is 14.3 Å². The Labute approximate surface area is 514 Å². The first-order valence-corrected chi connectivity index (χ1v) is 37.9. The van der Waals surface area contributed by atoms with Gasteiger partial charge in [-0.1, -0.05) is 386 Å². The molecule has 0 bridgehead atoms. The molecule has 0 fully saturated rings. The van der Waals surface area contributed by atoms with E-state index >= 15 is 0 Å². The highest BCUT2D eigenvalue weighted by Crippen LogP contribution is 2.20. The lowest BCUT2D eigenvalue weighted by atomic mass is 10.0. The van der Waals surface area contributed by atoms with Gasteiger partial charge in [-0.2, -0.15) is 0 Å². The second-order valence-corrected chi connectivity index (χ2v) is 26.3. The normalized spacial score (nSPS) is 12.5. The number of amides is 1. The number of unbranched alkanes of at least 4 members (excludes halogenated alkanes) is 59. The van der Waals surface area contributed by atoms with Gasteiger partial charge in [0.1, 0.15) is 0 Å².